The van der Waals surface area contributed by atoms with Crippen LogP contribution in [-0.4, -0.2) is 51.6 Å². The highest BCUT2D eigenvalue weighted by Gasteiger charge is 2.52. The molecule has 1 fully saturated rings. The van der Waals surface area contributed by atoms with E-state index in [4.69, 9.17) is 5.11 Å². The van der Waals surface area contributed by atoms with Gasteiger partial charge in [0.05, 0.1) is 18.6 Å². The lowest BCUT2D eigenvalue weighted by Gasteiger charge is -2.22. The zero-order valence-corrected chi connectivity index (χ0v) is 18.3. The number of carbonyl (C=O) groups excluding carboxylic acids is 1. The van der Waals surface area contributed by atoms with Crippen LogP contribution in [0.1, 0.15) is 55.7 Å². The first kappa shape index (κ1) is 24.5. The smallest absolute Gasteiger partial charge is 0.327 e. The highest BCUT2D eigenvalue weighted by molar-refractivity contribution is 7.12. The summed E-state index contributed by atoms with van der Waals surface area (Å²) >= 11 is 1.39. The van der Waals surface area contributed by atoms with Gasteiger partial charge in [-0.2, -0.15) is 8.78 Å². The zero-order chi connectivity index (χ0) is 22.3. The number of amides is 1. The van der Waals surface area contributed by atoms with Crippen LogP contribution < -0.4 is 0 Å². The van der Waals surface area contributed by atoms with E-state index in [-0.39, 0.29) is 18.9 Å². The standard InChI is InChI=1S/C22H31F2NO4S/c1-3-4-6-15(2)19(26)11-8-16-14-22(23,24)21(29)25(16)12-5-7-17-9-10-18(30-17)13-20(27)28/h8-11,15-16,19,26H,3-7,12-14H2,1-2H3,(H,27,28)/b11-8+/t15-,16-,19+/m0/s1. The van der Waals surface area contributed by atoms with Gasteiger partial charge in [0.1, 0.15) is 0 Å². The van der Waals surface area contributed by atoms with Crippen molar-refractivity contribution in [2.75, 3.05) is 6.54 Å². The molecular formula is C22H31F2NO4S. The molecule has 3 atom stereocenters. The fourth-order valence-corrected chi connectivity index (χ4v) is 4.66. The Kier molecular flexibility index (Phi) is 8.97. The molecule has 1 aliphatic rings. The maximum Gasteiger partial charge on any atom is 0.327 e. The minimum absolute atomic E-state index is 0.0334. The van der Waals surface area contributed by atoms with Crippen molar-refractivity contribution >= 4 is 23.2 Å². The van der Waals surface area contributed by atoms with Gasteiger partial charge in [-0.15, -0.1) is 11.3 Å². The van der Waals surface area contributed by atoms with Crippen molar-refractivity contribution < 1.29 is 28.6 Å². The number of halogens is 2. The number of thiophene rings is 1. The molecule has 0 spiro atoms. The van der Waals surface area contributed by atoms with Crippen LogP contribution in [-0.2, 0) is 22.4 Å². The van der Waals surface area contributed by atoms with Crippen LogP contribution in [0.2, 0.25) is 0 Å². The first-order valence-electron chi connectivity index (χ1n) is 10.5. The topological polar surface area (TPSA) is 77.8 Å². The SMILES string of the molecule is CCCC[C@H](C)[C@H](O)/C=C/[C@H]1CC(F)(F)C(=O)N1CCCc1ccc(CC(=O)O)s1. The Hall–Kier alpha value is -1.80. The summed E-state index contributed by atoms with van der Waals surface area (Å²) in [5, 5.41) is 19.1. The second-order valence-corrected chi connectivity index (χ2v) is 9.26. The average molecular weight is 444 g/mol. The Morgan fingerprint density at radius 3 is 2.73 bits per heavy atom. The number of aliphatic hydroxyl groups excluding tert-OH is 1. The molecule has 0 aromatic carbocycles. The number of likely N-dealkylation sites (tertiary alicyclic amines) is 1. The number of carboxylic acid groups (broad SMARTS) is 1. The monoisotopic (exact) mass is 443 g/mol. The lowest BCUT2D eigenvalue weighted by Crippen LogP contribution is -2.36. The number of alkyl halides is 2. The van der Waals surface area contributed by atoms with Crippen molar-refractivity contribution in [2.45, 2.75) is 76.9 Å². The molecule has 8 heteroatoms. The molecule has 0 unspecified atom stereocenters. The second-order valence-electron chi connectivity index (χ2n) is 8.01. The van der Waals surface area contributed by atoms with Crippen molar-refractivity contribution in [3.05, 3.63) is 34.0 Å². The maximum atomic E-state index is 14.0. The number of hydrogen-bond acceptors (Lipinski definition) is 4. The molecule has 0 radical (unpaired) electrons. The van der Waals surface area contributed by atoms with E-state index < -0.39 is 36.4 Å². The van der Waals surface area contributed by atoms with E-state index in [1.165, 1.54) is 16.2 Å². The van der Waals surface area contributed by atoms with Gasteiger partial charge in [-0.3, -0.25) is 9.59 Å². The van der Waals surface area contributed by atoms with Crippen molar-refractivity contribution in [3.8, 4) is 0 Å². The van der Waals surface area contributed by atoms with Gasteiger partial charge >= 0.3 is 11.9 Å². The lowest BCUT2D eigenvalue weighted by atomic mass is 9.97. The number of aliphatic hydroxyl groups is 1. The van der Waals surface area contributed by atoms with Gasteiger partial charge in [0.15, 0.2) is 0 Å². The van der Waals surface area contributed by atoms with E-state index >= 15 is 0 Å². The van der Waals surface area contributed by atoms with Gasteiger partial charge in [0.25, 0.3) is 5.91 Å². The lowest BCUT2D eigenvalue weighted by molar-refractivity contribution is -0.148. The van der Waals surface area contributed by atoms with Crippen LogP contribution in [0.5, 0.6) is 0 Å². The quantitative estimate of drug-likeness (QED) is 0.473. The summed E-state index contributed by atoms with van der Waals surface area (Å²) in [6.45, 7) is 4.19. The molecule has 168 valence electrons. The van der Waals surface area contributed by atoms with E-state index in [9.17, 15) is 23.5 Å². The van der Waals surface area contributed by atoms with E-state index in [1.54, 1.807) is 18.2 Å². The highest BCUT2D eigenvalue weighted by atomic mass is 32.1. The maximum absolute atomic E-state index is 14.0. The van der Waals surface area contributed by atoms with Crippen LogP contribution in [0.3, 0.4) is 0 Å². The van der Waals surface area contributed by atoms with E-state index in [1.807, 2.05) is 13.0 Å². The number of hydrogen-bond donors (Lipinski definition) is 2. The van der Waals surface area contributed by atoms with Crippen LogP contribution in [0.15, 0.2) is 24.3 Å². The largest absolute Gasteiger partial charge is 0.481 e. The number of nitrogens with zero attached hydrogens (tertiary/aromatic N) is 1. The average Bonchev–Trinajstić information content (AvgIpc) is 3.20. The van der Waals surface area contributed by atoms with Crippen LogP contribution in [0.4, 0.5) is 8.78 Å². The molecule has 1 saturated heterocycles. The number of rotatable bonds is 12. The minimum Gasteiger partial charge on any atom is -0.481 e. The Morgan fingerprint density at radius 1 is 1.37 bits per heavy atom. The molecule has 2 N–H and O–H groups in total. The summed E-state index contributed by atoms with van der Waals surface area (Å²) in [5.41, 5.74) is 0. The fraction of sp³-hybridized carbons (Fsp3) is 0.636. The number of carbonyl (C=O) groups is 2. The Balaban J connectivity index is 1.94. The summed E-state index contributed by atoms with van der Waals surface area (Å²) in [6, 6.07) is 2.87. The van der Waals surface area contributed by atoms with E-state index in [0.29, 0.717) is 12.8 Å². The number of unbranched alkanes of at least 4 members (excludes halogenated alkanes) is 1. The van der Waals surface area contributed by atoms with Crippen LogP contribution in [0, 0.1) is 5.92 Å². The van der Waals surface area contributed by atoms with Crippen molar-refractivity contribution in [1.29, 1.82) is 0 Å². The Bertz CT molecular complexity index is 749. The summed E-state index contributed by atoms with van der Waals surface area (Å²) in [4.78, 5) is 25.8. The van der Waals surface area contributed by atoms with Gasteiger partial charge in [-0.25, -0.2) is 0 Å². The first-order chi connectivity index (χ1) is 14.1. The molecule has 1 aromatic rings. The van der Waals surface area contributed by atoms with E-state index in [0.717, 1.165) is 29.0 Å². The predicted octanol–water partition coefficient (Wildman–Crippen LogP) is 4.29. The molecule has 0 saturated carbocycles. The molecule has 1 aliphatic heterocycles. The summed E-state index contributed by atoms with van der Waals surface area (Å²) in [7, 11) is 0. The molecule has 1 amide bonds. The number of carboxylic acids is 1. The van der Waals surface area contributed by atoms with Crippen LogP contribution in [0.25, 0.3) is 0 Å². The minimum atomic E-state index is -3.38. The second kappa shape index (κ2) is 11.0. The summed E-state index contributed by atoms with van der Waals surface area (Å²) in [6.07, 6.45) is 5.74. The van der Waals surface area contributed by atoms with Crippen molar-refractivity contribution in [1.82, 2.24) is 4.90 Å². The molecule has 30 heavy (non-hydrogen) atoms. The first-order valence-corrected chi connectivity index (χ1v) is 11.3. The third-order valence-electron chi connectivity index (χ3n) is 5.43. The van der Waals surface area contributed by atoms with Crippen molar-refractivity contribution in [2.24, 2.45) is 5.92 Å². The molecule has 1 aromatic heterocycles. The van der Waals surface area contributed by atoms with Gasteiger partial charge in [-0.1, -0.05) is 38.8 Å². The van der Waals surface area contributed by atoms with Gasteiger partial charge < -0.3 is 15.1 Å². The Labute approximate surface area is 180 Å². The van der Waals surface area contributed by atoms with Crippen molar-refractivity contribution in [3.63, 3.8) is 0 Å². The Morgan fingerprint density at radius 2 is 2.07 bits per heavy atom. The van der Waals surface area contributed by atoms with E-state index in [2.05, 4.69) is 6.92 Å². The molecule has 5 nitrogen and oxygen atoms in total. The number of aryl methyl sites for hydroxylation is 1. The third kappa shape index (κ3) is 6.87. The van der Waals surface area contributed by atoms with Gasteiger partial charge in [-0.05, 0) is 37.3 Å². The highest BCUT2D eigenvalue weighted by Crippen LogP contribution is 2.34. The molecule has 2 rings (SSSR count). The zero-order valence-electron chi connectivity index (χ0n) is 17.5. The number of aliphatic carboxylic acids is 1. The predicted molar refractivity (Wildman–Crippen MR) is 113 cm³/mol. The molecule has 0 aliphatic carbocycles. The normalized spacial score (nSPS) is 20.8. The molecule has 0 bridgehead atoms. The third-order valence-corrected chi connectivity index (χ3v) is 6.58. The summed E-state index contributed by atoms with van der Waals surface area (Å²) in [5.74, 6) is -5.41. The molecular weight excluding hydrogens is 412 g/mol. The van der Waals surface area contributed by atoms with Gasteiger partial charge in [0, 0.05) is 22.7 Å². The fourth-order valence-electron chi connectivity index (χ4n) is 3.61. The summed E-state index contributed by atoms with van der Waals surface area (Å²) < 4.78 is 28.0. The van der Waals surface area contributed by atoms with Crippen LogP contribution >= 0.6 is 11.3 Å². The van der Waals surface area contributed by atoms with Gasteiger partial charge in [0.2, 0.25) is 0 Å². The molecule has 2 heterocycles.